The fraction of sp³-hybridized carbons (Fsp3) is 0.429. The lowest BCUT2D eigenvalue weighted by Gasteiger charge is -1.81. The topological polar surface area (TPSA) is 38.9 Å². The minimum Gasteiger partial charge on any atom is -0.335 e. The van der Waals surface area contributed by atoms with Gasteiger partial charge in [0.1, 0.15) is 0 Å². The molecule has 0 unspecified atom stereocenters. The first kappa shape index (κ1) is 6.99. The number of rotatable bonds is 3. The molecule has 0 aliphatic rings. The second-order valence-corrected chi connectivity index (χ2v) is 2.00. The average Bonchev–Trinajstić information content (AvgIpc) is 2.37. The maximum absolute atomic E-state index is 4.79. The van der Waals surface area contributed by atoms with Gasteiger partial charge >= 0.3 is 0 Å². The first-order valence-electron chi connectivity index (χ1n) is 3.32. The van der Waals surface area contributed by atoms with Gasteiger partial charge in [0.25, 0.3) is 0 Å². The third kappa shape index (κ3) is 1.43. The molecule has 1 rings (SSSR count). The molecule has 0 atom stereocenters. The van der Waals surface area contributed by atoms with E-state index in [1.54, 1.807) is 6.08 Å². The highest BCUT2D eigenvalue weighted by molar-refractivity contribution is 5.32. The maximum Gasteiger partial charge on any atom is 0.250 e. The lowest BCUT2D eigenvalue weighted by molar-refractivity contribution is 0.402. The van der Waals surface area contributed by atoms with Crippen LogP contribution in [0.4, 0.5) is 0 Å². The highest BCUT2D eigenvalue weighted by Gasteiger charge is 1.99. The Kier molecular flexibility index (Phi) is 2.20. The van der Waals surface area contributed by atoms with E-state index in [0.717, 1.165) is 18.7 Å². The standard InChI is InChI=1S/C7H10N2O/c1-3-5-6-8-7(4-2)10-9-6/h4H,2-3,5H2,1H3. The zero-order valence-corrected chi connectivity index (χ0v) is 6.00. The highest BCUT2D eigenvalue weighted by atomic mass is 16.5. The van der Waals surface area contributed by atoms with Gasteiger partial charge < -0.3 is 4.52 Å². The van der Waals surface area contributed by atoms with Crippen molar-refractivity contribution >= 4 is 6.08 Å². The van der Waals surface area contributed by atoms with Gasteiger partial charge in [0.2, 0.25) is 5.89 Å². The second-order valence-electron chi connectivity index (χ2n) is 2.00. The number of hydrogen-bond donors (Lipinski definition) is 0. The van der Waals surface area contributed by atoms with E-state index in [-0.39, 0.29) is 0 Å². The largest absolute Gasteiger partial charge is 0.335 e. The van der Waals surface area contributed by atoms with E-state index in [0.29, 0.717) is 5.89 Å². The van der Waals surface area contributed by atoms with Crippen LogP contribution in [-0.4, -0.2) is 10.1 Å². The monoisotopic (exact) mass is 138 g/mol. The molecule has 0 aromatic carbocycles. The van der Waals surface area contributed by atoms with Crippen molar-refractivity contribution in [1.29, 1.82) is 0 Å². The summed E-state index contributed by atoms with van der Waals surface area (Å²) in [5.41, 5.74) is 0. The zero-order valence-electron chi connectivity index (χ0n) is 6.00. The van der Waals surface area contributed by atoms with E-state index in [1.807, 2.05) is 0 Å². The molecule has 0 radical (unpaired) electrons. The fourth-order valence-corrected chi connectivity index (χ4v) is 0.676. The Morgan fingerprint density at radius 3 is 3.00 bits per heavy atom. The van der Waals surface area contributed by atoms with Crippen molar-refractivity contribution in [2.75, 3.05) is 0 Å². The first-order valence-corrected chi connectivity index (χ1v) is 3.32. The summed E-state index contributed by atoms with van der Waals surface area (Å²) in [7, 11) is 0. The summed E-state index contributed by atoms with van der Waals surface area (Å²) in [6, 6.07) is 0. The molecule has 54 valence electrons. The summed E-state index contributed by atoms with van der Waals surface area (Å²) >= 11 is 0. The molecule has 3 nitrogen and oxygen atoms in total. The van der Waals surface area contributed by atoms with Crippen molar-refractivity contribution in [1.82, 2.24) is 10.1 Å². The molecule has 0 saturated heterocycles. The summed E-state index contributed by atoms with van der Waals surface area (Å²) in [6.07, 6.45) is 3.46. The summed E-state index contributed by atoms with van der Waals surface area (Å²) in [5.74, 6) is 1.26. The molecular weight excluding hydrogens is 128 g/mol. The summed E-state index contributed by atoms with van der Waals surface area (Å²) in [5, 5.41) is 3.72. The average molecular weight is 138 g/mol. The van der Waals surface area contributed by atoms with E-state index in [9.17, 15) is 0 Å². The molecule has 0 aliphatic heterocycles. The number of hydrogen-bond acceptors (Lipinski definition) is 3. The van der Waals surface area contributed by atoms with Crippen LogP contribution in [0, 0.1) is 0 Å². The van der Waals surface area contributed by atoms with Crippen LogP contribution in [0.3, 0.4) is 0 Å². The van der Waals surface area contributed by atoms with Crippen LogP contribution in [0.1, 0.15) is 25.1 Å². The number of nitrogens with zero attached hydrogens (tertiary/aromatic N) is 2. The predicted molar refractivity (Wildman–Crippen MR) is 38.4 cm³/mol. The molecule has 0 spiro atoms. The van der Waals surface area contributed by atoms with Gasteiger partial charge in [0.15, 0.2) is 5.82 Å². The zero-order chi connectivity index (χ0) is 7.40. The van der Waals surface area contributed by atoms with Gasteiger partial charge in [-0.25, -0.2) is 0 Å². The van der Waals surface area contributed by atoms with E-state index in [1.165, 1.54) is 0 Å². The molecule has 0 N–H and O–H groups in total. The Balaban J connectivity index is 2.68. The molecular formula is C7H10N2O. The van der Waals surface area contributed by atoms with E-state index < -0.39 is 0 Å². The van der Waals surface area contributed by atoms with Crippen molar-refractivity contribution in [3.05, 3.63) is 18.3 Å². The van der Waals surface area contributed by atoms with Gasteiger partial charge in [-0.3, -0.25) is 0 Å². The Morgan fingerprint density at radius 1 is 1.70 bits per heavy atom. The van der Waals surface area contributed by atoms with Crippen LogP contribution in [0.25, 0.3) is 6.08 Å². The van der Waals surface area contributed by atoms with Crippen molar-refractivity contribution in [3.8, 4) is 0 Å². The number of aryl methyl sites for hydroxylation is 1. The third-order valence-corrected chi connectivity index (χ3v) is 1.13. The first-order chi connectivity index (χ1) is 4.86. The predicted octanol–water partition coefficient (Wildman–Crippen LogP) is 1.67. The molecule has 1 aromatic heterocycles. The van der Waals surface area contributed by atoms with E-state index >= 15 is 0 Å². The Hall–Kier alpha value is -1.12. The van der Waals surface area contributed by atoms with E-state index in [2.05, 4.69) is 23.6 Å². The van der Waals surface area contributed by atoms with Gasteiger partial charge in [-0.15, -0.1) is 0 Å². The Bertz CT molecular complexity index is 217. The fourth-order valence-electron chi connectivity index (χ4n) is 0.676. The van der Waals surface area contributed by atoms with Crippen LogP contribution in [0.2, 0.25) is 0 Å². The molecule has 1 heterocycles. The van der Waals surface area contributed by atoms with Crippen LogP contribution < -0.4 is 0 Å². The number of aromatic nitrogens is 2. The smallest absolute Gasteiger partial charge is 0.250 e. The van der Waals surface area contributed by atoms with Crippen molar-refractivity contribution < 1.29 is 4.52 Å². The lowest BCUT2D eigenvalue weighted by Crippen LogP contribution is -1.84. The SMILES string of the molecule is C=Cc1nc(CCC)no1. The molecule has 1 aromatic rings. The third-order valence-electron chi connectivity index (χ3n) is 1.13. The lowest BCUT2D eigenvalue weighted by atomic mass is 10.3. The maximum atomic E-state index is 4.79. The van der Waals surface area contributed by atoms with Gasteiger partial charge in [-0.2, -0.15) is 4.98 Å². The minimum atomic E-state index is 0.503. The minimum absolute atomic E-state index is 0.503. The summed E-state index contributed by atoms with van der Waals surface area (Å²) < 4.78 is 4.79. The van der Waals surface area contributed by atoms with Crippen molar-refractivity contribution in [2.45, 2.75) is 19.8 Å². The van der Waals surface area contributed by atoms with Gasteiger partial charge in [0, 0.05) is 6.42 Å². The van der Waals surface area contributed by atoms with Gasteiger partial charge in [0.05, 0.1) is 0 Å². The summed E-state index contributed by atoms with van der Waals surface area (Å²) in [4.78, 5) is 4.02. The van der Waals surface area contributed by atoms with Gasteiger partial charge in [-0.05, 0) is 12.5 Å². The van der Waals surface area contributed by atoms with Crippen LogP contribution in [-0.2, 0) is 6.42 Å². The molecule has 0 aliphatic carbocycles. The normalized spacial score (nSPS) is 9.70. The van der Waals surface area contributed by atoms with Crippen LogP contribution in [0.5, 0.6) is 0 Å². The van der Waals surface area contributed by atoms with Crippen molar-refractivity contribution in [3.63, 3.8) is 0 Å². The molecule has 10 heavy (non-hydrogen) atoms. The Labute approximate surface area is 59.8 Å². The Morgan fingerprint density at radius 2 is 2.50 bits per heavy atom. The van der Waals surface area contributed by atoms with Crippen molar-refractivity contribution in [2.24, 2.45) is 0 Å². The molecule has 0 amide bonds. The molecule has 3 heteroatoms. The highest BCUT2D eigenvalue weighted by Crippen LogP contribution is 1.99. The van der Waals surface area contributed by atoms with Crippen LogP contribution in [0.15, 0.2) is 11.1 Å². The molecule has 0 fully saturated rings. The second kappa shape index (κ2) is 3.15. The quantitative estimate of drug-likeness (QED) is 0.637. The van der Waals surface area contributed by atoms with Gasteiger partial charge in [-0.1, -0.05) is 18.7 Å². The summed E-state index contributed by atoms with van der Waals surface area (Å²) in [6.45, 7) is 5.58. The molecule has 0 bridgehead atoms. The van der Waals surface area contributed by atoms with E-state index in [4.69, 9.17) is 4.52 Å². The van der Waals surface area contributed by atoms with Crippen LogP contribution >= 0.6 is 0 Å². The molecule has 0 saturated carbocycles.